The molecule has 0 N–H and O–H groups in total. The highest BCUT2D eigenvalue weighted by atomic mass is 35.5. The number of piperidine rings is 1. The van der Waals surface area contributed by atoms with Crippen LogP contribution in [0.2, 0.25) is 5.02 Å². The van der Waals surface area contributed by atoms with E-state index in [0.29, 0.717) is 11.8 Å². The lowest BCUT2D eigenvalue weighted by atomic mass is 9.81. The molecule has 0 bridgehead atoms. The number of fused-ring (bicyclic) bond motifs is 1. The van der Waals surface area contributed by atoms with Crippen molar-refractivity contribution in [1.82, 2.24) is 9.88 Å². The average Bonchev–Trinajstić information content (AvgIpc) is 3.39. The number of hydrogen-bond acceptors (Lipinski definition) is 3. The maximum atomic E-state index is 12.6. The van der Waals surface area contributed by atoms with E-state index in [-0.39, 0.29) is 12.0 Å². The minimum absolute atomic E-state index is 0.193. The van der Waals surface area contributed by atoms with Gasteiger partial charge in [-0.15, -0.1) is 0 Å². The van der Waals surface area contributed by atoms with Gasteiger partial charge in [0, 0.05) is 36.8 Å². The van der Waals surface area contributed by atoms with E-state index in [0.717, 1.165) is 72.4 Å². The molecule has 0 saturated carbocycles. The number of para-hydroxylation sites is 1. The van der Waals surface area contributed by atoms with Gasteiger partial charge in [-0.1, -0.05) is 61.0 Å². The van der Waals surface area contributed by atoms with Gasteiger partial charge < -0.3 is 9.64 Å². The van der Waals surface area contributed by atoms with E-state index in [1.165, 1.54) is 5.56 Å². The van der Waals surface area contributed by atoms with E-state index in [9.17, 15) is 4.79 Å². The van der Waals surface area contributed by atoms with Crippen LogP contribution in [-0.4, -0.2) is 41.6 Å². The lowest BCUT2D eigenvalue weighted by Crippen LogP contribution is -2.44. The SMILES string of the molecule is C[C@@H](c1ccc(-c2cnc3ccccc3c2Cl)cc1)C1CCN(C(=O)[C@H]2CCCO2)CC1. The van der Waals surface area contributed by atoms with Gasteiger partial charge in [0.2, 0.25) is 0 Å². The molecule has 32 heavy (non-hydrogen) atoms. The number of aromatic nitrogens is 1. The highest BCUT2D eigenvalue weighted by molar-refractivity contribution is 6.38. The Morgan fingerprint density at radius 1 is 1.09 bits per heavy atom. The van der Waals surface area contributed by atoms with Gasteiger partial charge in [0.05, 0.1) is 10.5 Å². The lowest BCUT2D eigenvalue weighted by molar-refractivity contribution is -0.142. The quantitative estimate of drug-likeness (QED) is 0.486. The summed E-state index contributed by atoms with van der Waals surface area (Å²) in [4.78, 5) is 19.2. The number of amides is 1. The highest BCUT2D eigenvalue weighted by Crippen LogP contribution is 2.36. The molecular weight excluding hydrogens is 420 g/mol. The van der Waals surface area contributed by atoms with Gasteiger partial charge in [0.15, 0.2) is 0 Å². The third-order valence-electron chi connectivity index (χ3n) is 7.22. The molecule has 5 heteroatoms. The summed E-state index contributed by atoms with van der Waals surface area (Å²) in [7, 11) is 0. The van der Waals surface area contributed by atoms with Gasteiger partial charge in [-0.25, -0.2) is 0 Å². The number of nitrogens with zero attached hydrogens (tertiary/aromatic N) is 2. The summed E-state index contributed by atoms with van der Waals surface area (Å²) in [5.74, 6) is 1.23. The van der Waals surface area contributed by atoms with Crippen LogP contribution in [0.25, 0.3) is 22.0 Å². The Morgan fingerprint density at radius 2 is 1.84 bits per heavy atom. The first-order chi connectivity index (χ1) is 15.6. The summed E-state index contributed by atoms with van der Waals surface area (Å²) in [6.45, 7) is 4.70. The minimum Gasteiger partial charge on any atom is -0.368 e. The predicted molar refractivity (Wildman–Crippen MR) is 129 cm³/mol. The Kier molecular flexibility index (Phi) is 6.16. The molecule has 0 aliphatic carbocycles. The normalized spacial score (nSPS) is 20.6. The van der Waals surface area contributed by atoms with Crippen molar-refractivity contribution in [1.29, 1.82) is 0 Å². The lowest BCUT2D eigenvalue weighted by Gasteiger charge is -2.36. The Bertz CT molecular complexity index is 1100. The van der Waals surface area contributed by atoms with Gasteiger partial charge in [0.25, 0.3) is 5.91 Å². The van der Waals surface area contributed by atoms with Crippen LogP contribution in [0, 0.1) is 5.92 Å². The molecule has 3 heterocycles. The molecule has 0 unspecified atom stereocenters. The number of carbonyl (C=O) groups is 1. The fourth-order valence-corrected chi connectivity index (χ4v) is 5.46. The number of likely N-dealkylation sites (tertiary alicyclic amines) is 1. The molecule has 1 amide bonds. The monoisotopic (exact) mass is 448 g/mol. The summed E-state index contributed by atoms with van der Waals surface area (Å²) in [5.41, 5.74) is 4.30. The van der Waals surface area contributed by atoms with Crippen molar-refractivity contribution in [3.63, 3.8) is 0 Å². The Hall–Kier alpha value is -2.43. The predicted octanol–water partition coefficient (Wildman–Crippen LogP) is 6.08. The van der Waals surface area contributed by atoms with Crippen LogP contribution in [0.4, 0.5) is 0 Å². The van der Waals surface area contributed by atoms with E-state index in [1.54, 1.807) is 0 Å². The molecule has 0 radical (unpaired) electrons. The van der Waals surface area contributed by atoms with Gasteiger partial charge in [0.1, 0.15) is 6.10 Å². The molecule has 0 spiro atoms. The van der Waals surface area contributed by atoms with Crippen molar-refractivity contribution in [2.75, 3.05) is 19.7 Å². The molecule has 2 atom stereocenters. The standard InChI is InChI=1S/C27H29ClN2O2/c1-18(20-12-14-30(15-13-20)27(31)25-7-4-16-32-25)19-8-10-21(11-9-19)23-17-29-24-6-3-2-5-22(24)26(23)28/h2-3,5-6,8-11,17-18,20,25H,4,7,12-16H2,1H3/t18-,25+/m0/s1. The fourth-order valence-electron chi connectivity index (χ4n) is 5.14. The van der Waals surface area contributed by atoms with E-state index >= 15 is 0 Å². The number of ether oxygens (including phenoxy) is 1. The van der Waals surface area contributed by atoms with Crippen LogP contribution >= 0.6 is 11.6 Å². The van der Waals surface area contributed by atoms with Gasteiger partial charge >= 0.3 is 0 Å². The van der Waals surface area contributed by atoms with Crippen LogP contribution in [-0.2, 0) is 9.53 Å². The number of rotatable bonds is 4. The molecule has 2 aliphatic rings. The van der Waals surface area contributed by atoms with Crippen molar-refractivity contribution < 1.29 is 9.53 Å². The number of benzene rings is 2. The Labute approximate surface area is 194 Å². The van der Waals surface area contributed by atoms with Crippen LogP contribution in [0.3, 0.4) is 0 Å². The Morgan fingerprint density at radius 3 is 2.56 bits per heavy atom. The van der Waals surface area contributed by atoms with Crippen molar-refractivity contribution in [3.8, 4) is 11.1 Å². The number of pyridine rings is 1. The first-order valence-electron chi connectivity index (χ1n) is 11.7. The minimum atomic E-state index is -0.201. The molecule has 2 aromatic carbocycles. The summed E-state index contributed by atoms with van der Waals surface area (Å²) in [5, 5.41) is 1.73. The molecular formula is C27H29ClN2O2. The topological polar surface area (TPSA) is 42.4 Å². The summed E-state index contributed by atoms with van der Waals surface area (Å²) >= 11 is 6.71. The molecule has 166 valence electrons. The third kappa shape index (κ3) is 4.14. The van der Waals surface area contributed by atoms with E-state index in [2.05, 4.69) is 36.2 Å². The van der Waals surface area contributed by atoms with Crippen LogP contribution < -0.4 is 0 Å². The van der Waals surface area contributed by atoms with Crippen LogP contribution in [0.15, 0.2) is 54.7 Å². The zero-order valence-corrected chi connectivity index (χ0v) is 19.2. The maximum Gasteiger partial charge on any atom is 0.251 e. The smallest absolute Gasteiger partial charge is 0.251 e. The van der Waals surface area contributed by atoms with Gasteiger partial charge in [-0.05, 0) is 54.7 Å². The average molecular weight is 449 g/mol. The van der Waals surface area contributed by atoms with E-state index < -0.39 is 0 Å². The second kappa shape index (κ2) is 9.21. The first-order valence-corrected chi connectivity index (χ1v) is 12.0. The van der Waals surface area contributed by atoms with Crippen LogP contribution in [0.5, 0.6) is 0 Å². The maximum absolute atomic E-state index is 12.6. The third-order valence-corrected chi connectivity index (χ3v) is 7.63. The molecule has 2 aliphatic heterocycles. The summed E-state index contributed by atoms with van der Waals surface area (Å²) < 4.78 is 5.59. The summed E-state index contributed by atoms with van der Waals surface area (Å²) in [6.07, 6.45) is 5.62. The number of halogens is 1. The number of carbonyl (C=O) groups excluding carboxylic acids is 1. The van der Waals surface area contributed by atoms with Gasteiger partial charge in [-0.3, -0.25) is 9.78 Å². The van der Waals surface area contributed by atoms with Crippen molar-refractivity contribution in [2.24, 2.45) is 5.92 Å². The largest absolute Gasteiger partial charge is 0.368 e. The zero-order chi connectivity index (χ0) is 22.1. The van der Waals surface area contributed by atoms with E-state index in [4.69, 9.17) is 16.3 Å². The van der Waals surface area contributed by atoms with Crippen LogP contribution in [0.1, 0.15) is 44.1 Å². The molecule has 1 aromatic heterocycles. The second-order valence-corrected chi connectivity index (χ2v) is 9.46. The van der Waals surface area contributed by atoms with Gasteiger partial charge in [-0.2, -0.15) is 0 Å². The van der Waals surface area contributed by atoms with E-state index in [1.807, 2.05) is 35.4 Å². The highest BCUT2D eigenvalue weighted by Gasteiger charge is 2.32. The Balaban J connectivity index is 1.25. The zero-order valence-electron chi connectivity index (χ0n) is 18.5. The molecule has 5 rings (SSSR count). The molecule has 4 nitrogen and oxygen atoms in total. The molecule has 3 aromatic rings. The summed E-state index contributed by atoms with van der Waals surface area (Å²) in [6, 6.07) is 16.7. The fraction of sp³-hybridized carbons (Fsp3) is 0.407. The second-order valence-electron chi connectivity index (χ2n) is 9.08. The molecule has 2 fully saturated rings. The van der Waals surface area contributed by atoms with Crippen molar-refractivity contribution in [3.05, 3.63) is 65.3 Å². The van der Waals surface area contributed by atoms with Crippen molar-refractivity contribution >= 4 is 28.4 Å². The molecule has 2 saturated heterocycles. The number of hydrogen-bond donors (Lipinski definition) is 0. The first kappa shape index (κ1) is 21.4. The van der Waals surface area contributed by atoms with Crippen molar-refractivity contribution in [2.45, 2.75) is 44.6 Å².